The van der Waals surface area contributed by atoms with Gasteiger partial charge < -0.3 is 10.1 Å². The van der Waals surface area contributed by atoms with Gasteiger partial charge in [0, 0.05) is 0 Å². The SMILES string of the molecule is CCOC(=O)c1ccc(NC(=O)CN(c2cc(C(F)(F)F)ccc2Cl)S(C)(=O)=O)c(Cl)c1. The van der Waals surface area contributed by atoms with Gasteiger partial charge in [-0.2, -0.15) is 13.2 Å². The molecule has 0 bridgehead atoms. The van der Waals surface area contributed by atoms with Crippen molar-refractivity contribution in [1.82, 2.24) is 0 Å². The molecular formula is C19H17Cl2F3N2O5S. The Morgan fingerprint density at radius 1 is 1.09 bits per heavy atom. The smallest absolute Gasteiger partial charge is 0.416 e. The molecule has 1 N–H and O–H groups in total. The summed E-state index contributed by atoms with van der Waals surface area (Å²) in [5.41, 5.74) is -1.47. The maximum atomic E-state index is 13.1. The van der Waals surface area contributed by atoms with Crippen LogP contribution in [-0.2, 0) is 25.7 Å². The van der Waals surface area contributed by atoms with Gasteiger partial charge in [0.15, 0.2) is 0 Å². The number of nitrogens with one attached hydrogen (secondary N) is 1. The predicted molar refractivity (Wildman–Crippen MR) is 115 cm³/mol. The Labute approximate surface area is 192 Å². The molecule has 0 saturated carbocycles. The number of hydrogen-bond donors (Lipinski definition) is 1. The highest BCUT2D eigenvalue weighted by Crippen LogP contribution is 2.36. The molecule has 0 atom stereocenters. The van der Waals surface area contributed by atoms with Gasteiger partial charge in [-0.05, 0) is 43.3 Å². The minimum atomic E-state index is -4.75. The third kappa shape index (κ3) is 6.50. The number of alkyl halides is 3. The van der Waals surface area contributed by atoms with Gasteiger partial charge in [0.2, 0.25) is 15.9 Å². The molecule has 0 fully saturated rings. The fraction of sp³-hybridized carbons (Fsp3) is 0.263. The zero-order valence-corrected chi connectivity index (χ0v) is 19.0. The Morgan fingerprint density at radius 2 is 1.75 bits per heavy atom. The second-order valence-corrected chi connectivity index (χ2v) is 9.12. The number of hydrogen-bond acceptors (Lipinski definition) is 5. The summed E-state index contributed by atoms with van der Waals surface area (Å²) in [6, 6.07) is 6.00. The van der Waals surface area contributed by atoms with Crippen molar-refractivity contribution >= 4 is 56.5 Å². The van der Waals surface area contributed by atoms with Gasteiger partial charge in [-0.15, -0.1) is 0 Å². The number of rotatable bonds is 7. The lowest BCUT2D eigenvalue weighted by Gasteiger charge is -2.24. The number of benzene rings is 2. The number of halogens is 5. The van der Waals surface area contributed by atoms with Crippen LogP contribution in [0.1, 0.15) is 22.8 Å². The maximum Gasteiger partial charge on any atom is 0.416 e. The predicted octanol–water partition coefficient (Wildman–Crippen LogP) is 4.59. The molecule has 0 saturated heterocycles. The Hall–Kier alpha value is -2.50. The van der Waals surface area contributed by atoms with Gasteiger partial charge in [-0.3, -0.25) is 9.10 Å². The lowest BCUT2D eigenvalue weighted by atomic mass is 10.2. The second-order valence-electron chi connectivity index (χ2n) is 6.40. The Bertz CT molecular complexity index is 1140. The van der Waals surface area contributed by atoms with Crippen LogP contribution in [0.15, 0.2) is 36.4 Å². The molecule has 0 heterocycles. The largest absolute Gasteiger partial charge is 0.462 e. The molecule has 32 heavy (non-hydrogen) atoms. The van der Waals surface area contributed by atoms with E-state index in [0.717, 1.165) is 12.3 Å². The molecule has 2 aromatic carbocycles. The highest BCUT2D eigenvalue weighted by molar-refractivity contribution is 7.92. The number of anilines is 2. The van der Waals surface area contributed by atoms with Crippen LogP contribution in [0.2, 0.25) is 10.0 Å². The lowest BCUT2D eigenvalue weighted by molar-refractivity contribution is -0.137. The van der Waals surface area contributed by atoms with Crippen molar-refractivity contribution < 1.29 is 35.9 Å². The fourth-order valence-corrected chi connectivity index (χ4v) is 3.90. The number of esters is 1. The molecule has 1 amide bonds. The van der Waals surface area contributed by atoms with Crippen LogP contribution in [0.4, 0.5) is 24.5 Å². The van der Waals surface area contributed by atoms with Gasteiger partial charge in [-0.1, -0.05) is 23.2 Å². The monoisotopic (exact) mass is 512 g/mol. The minimum Gasteiger partial charge on any atom is -0.462 e. The first-order chi connectivity index (χ1) is 14.7. The number of carbonyl (C=O) groups excluding carboxylic acids is 2. The summed E-state index contributed by atoms with van der Waals surface area (Å²) < 4.78 is 68.9. The standard InChI is InChI=1S/C19H17Cl2F3N2O5S/c1-3-31-18(28)11-4-7-15(14(21)8-11)25-17(27)10-26(32(2,29)30)16-9-12(19(22,23)24)5-6-13(16)20/h4-9H,3,10H2,1-2H3,(H,25,27). The number of sulfonamides is 1. The van der Waals surface area contributed by atoms with Crippen molar-refractivity contribution in [2.75, 3.05) is 29.0 Å². The van der Waals surface area contributed by atoms with Crippen LogP contribution < -0.4 is 9.62 Å². The topological polar surface area (TPSA) is 92.8 Å². The molecule has 2 aromatic rings. The quantitative estimate of drug-likeness (QED) is 0.547. The third-order valence-corrected chi connectivity index (χ3v) is 5.74. The molecule has 2 rings (SSSR count). The maximum absolute atomic E-state index is 13.1. The minimum absolute atomic E-state index is 0.0353. The molecule has 0 radical (unpaired) electrons. The summed E-state index contributed by atoms with van der Waals surface area (Å²) in [6.45, 7) is 0.891. The molecule has 7 nitrogen and oxygen atoms in total. The van der Waals surface area contributed by atoms with Crippen LogP contribution in [-0.4, -0.2) is 39.7 Å². The summed E-state index contributed by atoms with van der Waals surface area (Å²) >= 11 is 12.0. The number of ether oxygens (including phenoxy) is 1. The molecule has 0 unspecified atom stereocenters. The molecule has 0 aromatic heterocycles. The molecule has 0 aliphatic carbocycles. The summed E-state index contributed by atoms with van der Waals surface area (Å²) in [4.78, 5) is 24.2. The summed E-state index contributed by atoms with van der Waals surface area (Å²) in [7, 11) is -4.20. The van der Waals surface area contributed by atoms with E-state index < -0.39 is 45.9 Å². The van der Waals surface area contributed by atoms with Crippen LogP contribution in [0.3, 0.4) is 0 Å². The van der Waals surface area contributed by atoms with Crippen molar-refractivity contribution in [2.45, 2.75) is 13.1 Å². The van der Waals surface area contributed by atoms with E-state index in [2.05, 4.69) is 5.32 Å². The average molecular weight is 513 g/mol. The van der Waals surface area contributed by atoms with E-state index in [1.54, 1.807) is 6.92 Å². The van der Waals surface area contributed by atoms with Crippen LogP contribution in [0.25, 0.3) is 0 Å². The fourth-order valence-electron chi connectivity index (χ4n) is 2.54. The summed E-state index contributed by atoms with van der Waals surface area (Å²) in [6.07, 6.45) is -4.03. The highest BCUT2D eigenvalue weighted by atomic mass is 35.5. The molecule has 174 valence electrons. The Morgan fingerprint density at radius 3 is 2.28 bits per heavy atom. The van der Waals surface area contributed by atoms with E-state index >= 15 is 0 Å². The molecule has 0 aliphatic rings. The van der Waals surface area contributed by atoms with Crippen LogP contribution >= 0.6 is 23.2 Å². The molecule has 0 spiro atoms. The van der Waals surface area contributed by atoms with Crippen molar-refractivity contribution in [3.63, 3.8) is 0 Å². The Balaban J connectivity index is 2.30. The normalized spacial score (nSPS) is 11.7. The first kappa shape index (κ1) is 25.8. The molecule has 13 heteroatoms. The van der Waals surface area contributed by atoms with Crippen LogP contribution in [0.5, 0.6) is 0 Å². The lowest BCUT2D eigenvalue weighted by Crippen LogP contribution is -2.37. The summed E-state index contributed by atoms with van der Waals surface area (Å²) in [5, 5.41) is 2.02. The summed E-state index contributed by atoms with van der Waals surface area (Å²) in [5.74, 6) is -1.54. The van der Waals surface area contributed by atoms with Crippen LogP contribution in [0, 0.1) is 0 Å². The van der Waals surface area contributed by atoms with Gasteiger partial charge in [0.25, 0.3) is 0 Å². The highest BCUT2D eigenvalue weighted by Gasteiger charge is 2.33. The van der Waals surface area contributed by atoms with E-state index in [9.17, 15) is 31.2 Å². The van der Waals surface area contributed by atoms with E-state index in [1.807, 2.05) is 0 Å². The van der Waals surface area contributed by atoms with Crippen molar-refractivity contribution in [2.24, 2.45) is 0 Å². The number of carbonyl (C=O) groups is 2. The van der Waals surface area contributed by atoms with E-state index in [1.165, 1.54) is 18.2 Å². The number of nitrogens with zero attached hydrogens (tertiary/aromatic N) is 1. The van der Waals surface area contributed by atoms with Crippen molar-refractivity contribution in [1.29, 1.82) is 0 Å². The van der Waals surface area contributed by atoms with Crippen molar-refractivity contribution in [3.8, 4) is 0 Å². The van der Waals surface area contributed by atoms with Gasteiger partial charge in [-0.25, -0.2) is 13.2 Å². The molecule has 0 aliphatic heterocycles. The van der Waals surface area contributed by atoms with Crippen molar-refractivity contribution in [3.05, 3.63) is 57.6 Å². The van der Waals surface area contributed by atoms with Gasteiger partial charge in [0.05, 0.1) is 45.4 Å². The zero-order valence-electron chi connectivity index (χ0n) is 16.7. The van der Waals surface area contributed by atoms with Gasteiger partial charge >= 0.3 is 12.1 Å². The van der Waals surface area contributed by atoms with E-state index in [-0.39, 0.29) is 27.9 Å². The third-order valence-electron chi connectivity index (χ3n) is 3.98. The first-order valence-electron chi connectivity index (χ1n) is 8.85. The van der Waals surface area contributed by atoms with E-state index in [4.69, 9.17) is 27.9 Å². The first-order valence-corrected chi connectivity index (χ1v) is 11.5. The Kier molecular flexibility index (Phi) is 8.02. The molecular weight excluding hydrogens is 496 g/mol. The average Bonchev–Trinajstić information content (AvgIpc) is 2.66. The second kappa shape index (κ2) is 9.97. The van der Waals surface area contributed by atoms with Gasteiger partial charge in [0.1, 0.15) is 6.54 Å². The van der Waals surface area contributed by atoms with E-state index in [0.29, 0.717) is 16.4 Å². The number of amides is 1. The zero-order chi connectivity index (χ0) is 24.3.